The van der Waals surface area contributed by atoms with Gasteiger partial charge in [-0.2, -0.15) is 5.10 Å². The molecule has 0 saturated heterocycles. The summed E-state index contributed by atoms with van der Waals surface area (Å²) >= 11 is 0. The predicted molar refractivity (Wildman–Crippen MR) is 57.7 cm³/mol. The highest BCUT2D eigenvalue weighted by Crippen LogP contribution is 1.77. The largest absolute Gasteiger partial charge is 0.371 e. The molecule has 0 aliphatic carbocycles. The van der Waals surface area contributed by atoms with Gasteiger partial charge in [0, 0.05) is 26.9 Å². The standard InChI is InChI=1S/C8H17N5/c1-4-13(3)12-6-5-10-8-11-7-9-2/h6-8H,4-5H2,1-3H3,(H,9,10,11)/b12-6-. The minimum atomic E-state index is 0.672. The monoisotopic (exact) mass is 183 g/mol. The average molecular weight is 183 g/mol. The number of nitrogens with zero attached hydrogens (tertiary/aromatic N) is 4. The molecular weight excluding hydrogens is 166 g/mol. The molecule has 0 spiro atoms. The molecule has 0 radical (unpaired) electrons. The van der Waals surface area contributed by atoms with Crippen LogP contribution in [-0.4, -0.2) is 51.1 Å². The molecule has 1 N–H and O–H groups in total. The van der Waals surface area contributed by atoms with Crippen molar-refractivity contribution in [3.8, 4) is 0 Å². The summed E-state index contributed by atoms with van der Waals surface area (Å²) in [6, 6.07) is 0. The van der Waals surface area contributed by atoms with Gasteiger partial charge in [0.2, 0.25) is 0 Å². The lowest BCUT2D eigenvalue weighted by molar-refractivity contribution is 0.377. The molecule has 0 aromatic heterocycles. The quantitative estimate of drug-likeness (QED) is 0.277. The summed E-state index contributed by atoms with van der Waals surface area (Å²) < 4.78 is 0. The summed E-state index contributed by atoms with van der Waals surface area (Å²) in [5.41, 5.74) is 0. The molecule has 13 heavy (non-hydrogen) atoms. The van der Waals surface area contributed by atoms with Crippen LogP contribution in [0.15, 0.2) is 15.1 Å². The van der Waals surface area contributed by atoms with Crippen molar-refractivity contribution in [2.45, 2.75) is 6.92 Å². The second kappa shape index (κ2) is 8.70. The predicted octanol–water partition coefficient (Wildman–Crippen LogP) is 0.200. The van der Waals surface area contributed by atoms with Gasteiger partial charge < -0.3 is 10.3 Å². The van der Waals surface area contributed by atoms with Gasteiger partial charge in [0.1, 0.15) is 6.34 Å². The third kappa shape index (κ3) is 8.52. The third-order valence-corrected chi connectivity index (χ3v) is 1.29. The second-order valence-electron chi connectivity index (χ2n) is 2.33. The zero-order valence-corrected chi connectivity index (χ0v) is 8.44. The van der Waals surface area contributed by atoms with Crippen molar-refractivity contribution in [1.29, 1.82) is 0 Å². The number of hydrogen-bond donors (Lipinski definition) is 1. The Bertz CT molecular complexity index is 185. The van der Waals surface area contributed by atoms with Crippen molar-refractivity contribution < 1.29 is 0 Å². The molecule has 0 bridgehead atoms. The van der Waals surface area contributed by atoms with E-state index in [4.69, 9.17) is 0 Å². The molecule has 0 unspecified atom stereocenters. The highest BCUT2D eigenvalue weighted by molar-refractivity contribution is 5.73. The van der Waals surface area contributed by atoms with Gasteiger partial charge in [-0.25, -0.2) is 4.99 Å². The van der Waals surface area contributed by atoms with Crippen molar-refractivity contribution in [2.24, 2.45) is 15.1 Å². The van der Waals surface area contributed by atoms with Gasteiger partial charge in [0.25, 0.3) is 0 Å². The Morgan fingerprint density at radius 1 is 1.46 bits per heavy atom. The topological polar surface area (TPSA) is 52.3 Å². The van der Waals surface area contributed by atoms with Gasteiger partial charge in [0.15, 0.2) is 0 Å². The van der Waals surface area contributed by atoms with E-state index in [1.807, 2.05) is 19.0 Å². The minimum absolute atomic E-state index is 0.672. The minimum Gasteiger partial charge on any atom is -0.371 e. The van der Waals surface area contributed by atoms with Gasteiger partial charge in [-0.3, -0.25) is 4.99 Å². The molecule has 0 atom stereocenters. The fourth-order valence-corrected chi connectivity index (χ4v) is 0.520. The Balaban J connectivity index is 3.39. The third-order valence-electron chi connectivity index (χ3n) is 1.29. The average Bonchev–Trinajstić information content (AvgIpc) is 2.16. The smallest absolute Gasteiger partial charge is 0.111 e. The van der Waals surface area contributed by atoms with E-state index in [9.17, 15) is 0 Å². The maximum absolute atomic E-state index is 4.11. The first-order valence-corrected chi connectivity index (χ1v) is 4.20. The van der Waals surface area contributed by atoms with Crippen molar-refractivity contribution in [3.63, 3.8) is 0 Å². The van der Waals surface area contributed by atoms with Crippen LogP contribution in [0.2, 0.25) is 0 Å². The highest BCUT2D eigenvalue weighted by atomic mass is 15.4. The molecule has 0 aliphatic heterocycles. The van der Waals surface area contributed by atoms with Crippen LogP contribution >= 0.6 is 0 Å². The summed E-state index contributed by atoms with van der Waals surface area (Å²) in [5.74, 6) is 0. The number of aliphatic imine (C=N–C) groups is 2. The van der Waals surface area contributed by atoms with Crippen LogP contribution in [0, 0.1) is 0 Å². The van der Waals surface area contributed by atoms with Crippen LogP contribution in [-0.2, 0) is 0 Å². The maximum atomic E-state index is 4.11. The number of rotatable bonds is 6. The lowest BCUT2D eigenvalue weighted by Crippen LogP contribution is -2.16. The van der Waals surface area contributed by atoms with Crippen LogP contribution in [0.1, 0.15) is 6.92 Å². The number of hydrogen-bond acceptors (Lipinski definition) is 3. The molecule has 0 heterocycles. The molecule has 0 amide bonds. The summed E-state index contributed by atoms with van der Waals surface area (Å²) in [6.45, 7) is 3.63. The van der Waals surface area contributed by atoms with E-state index in [-0.39, 0.29) is 0 Å². The fourth-order valence-electron chi connectivity index (χ4n) is 0.520. The summed E-state index contributed by atoms with van der Waals surface area (Å²) in [6.07, 6.45) is 4.85. The van der Waals surface area contributed by atoms with Crippen LogP contribution in [0.4, 0.5) is 0 Å². The van der Waals surface area contributed by atoms with E-state index < -0.39 is 0 Å². The molecule has 74 valence electrons. The van der Waals surface area contributed by atoms with Gasteiger partial charge in [-0.1, -0.05) is 0 Å². The van der Waals surface area contributed by atoms with Crippen molar-refractivity contribution in [2.75, 3.05) is 27.2 Å². The maximum Gasteiger partial charge on any atom is 0.111 e. The molecular formula is C8H17N5. The van der Waals surface area contributed by atoms with Gasteiger partial charge >= 0.3 is 0 Å². The molecule has 5 heteroatoms. The number of nitrogens with one attached hydrogen (secondary N) is 1. The lowest BCUT2D eigenvalue weighted by atomic mass is 10.7. The van der Waals surface area contributed by atoms with E-state index in [1.54, 1.807) is 19.6 Å². The fraction of sp³-hybridized carbons (Fsp3) is 0.625. The first kappa shape index (κ1) is 11.6. The molecule has 5 nitrogen and oxygen atoms in total. The van der Waals surface area contributed by atoms with Gasteiger partial charge in [0.05, 0.1) is 12.9 Å². The molecule has 0 aliphatic rings. The van der Waals surface area contributed by atoms with Crippen LogP contribution in [0.3, 0.4) is 0 Å². The Morgan fingerprint density at radius 2 is 2.23 bits per heavy atom. The van der Waals surface area contributed by atoms with E-state index in [1.165, 1.54) is 6.34 Å². The number of hydrazone groups is 1. The normalized spacial score (nSPS) is 11.9. The molecule has 0 aromatic rings. The van der Waals surface area contributed by atoms with Crippen molar-refractivity contribution in [3.05, 3.63) is 0 Å². The summed E-state index contributed by atoms with van der Waals surface area (Å²) in [5, 5.41) is 8.91. The molecule has 0 saturated carbocycles. The first-order chi connectivity index (χ1) is 6.31. The Morgan fingerprint density at radius 3 is 2.85 bits per heavy atom. The SMILES string of the molecule is CCN(C)/N=C\CNC=NC=NC. The zero-order chi connectivity index (χ0) is 9.94. The Kier molecular flexibility index (Phi) is 7.77. The second-order valence-corrected chi connectivity index (χ2v) is 2.33. The van der Waals surface area contributed by atoms with E-state index in [0.29, 0.717) is 6.54 Å². The Hall–Kier alpha value is -1.39. The van der Waals surface area contributed by atoms with E-state index in [0.717, 1.165) is 6.54 Å². The summed E-state index contributed by atoms with van der Waals surface area (Å²) in [7, 11) is 3.60. The lowest BCUT2D eigenvalue weighted by Gasteiger charge is -2.07. The summed E-state index contributed by atoms with van der Waals surface area (Å²) in [4.78, 5) is 7.51. The van der Waals surface area contributed by atoms with E-state index in [2.05, 4.69) is 20.4 Å². The van der Waals surface area contributed by atoms with Gasteiger partial charge in [-0.15, -0.1) is 0 Å². The van der Waals surface area contributed by atoms with Gasteiger partial charge in [-0.05, 0) is 6.92 Å². The van der Waals surface area contributed by atoms with Crippen LogP contribution in [0.25, 0.3) is 0 Å². The van der Waals surface area contributed by atoms with Crippen LogP contribution < -0.4 is 5.32 Å². The first-order valence-electron chi connectivity index (χ1n) is 4.20. The van der Waals surface area contributed by atoms with Crippen LogP contribution in [0.5, 0.6) is 0 Å². The molecule has 0 rings (SSSR count). The molecule has 0 fully saturated rings. The zero-order valence-electron chi connectivity index (χ0n) is 8.44. The highest BCUT2D eigenvalue weighted by Gasteiger charge is 1.81. The van der Waals surface area contributed by atoms with Crippen molar-refractivity contribution in [1.82, 2.24) is 10.3 Å². The van der Waals surface area contributed by atoms with E-state index >= 15 is 0 Å². The molecule has 0 aromatic carbocycles. The Labute approximate surface area is 79.3 Å². The van der Waals surface area contributed by atoms with Crippen molar-refractivity contribution >= 4 is 18.9 Å².